The molecule has 2 fully saturated rings. The summed E-state index contributed by atoms with van der Waals surface area (Å²) >= 11 is 0. The second kappa shape index (κ2) is 5.41. The molecule has 0 radical (unpaired) electrons. The summed E-state index contributed by atoms with van der Waals surface area (Å²) in [4.78, 5) is 2.39. The van der Waals surface area contributed by atoms with Crippen molar-refractivity contribution in [3.05, 3.63) is 0 Å². The molecule has 2 rings (SSSR count). The van der Waals surface area contributed by atoms with Crippen molar-refractivity contribution in [2.75, 3.05) is 13.1 Å². The van der Waals surface area contributed by atoms with E-state index in [4.69, 9.17) is 5.41 Å². The summed E-state index contributed by atoms with van der Waals surface area (Å²) < 4.78 is 0. The standard InChI is InChI=1S/C15H28N2/c1-13(2)11-15(8-4-5-9-15)12-17-10-6-3-7-14(17)16/h13,16H,3-12H2,1-2H3. The lowest BCUT2D eigenvalue weighted by Gasteiger charge is -2.39. The van der Waals surface area contributed by atoms with E-state index in [0.29, 0.717) is 5.41 Å². The number of amidine groups is 1. The Labute approximate surface area is 106 Å². The second-order valence-corrected chi connectivity index (χ2v) is 6.63. The fourth-order valence-electron chi connectivity index (χ4n) is 3.89. The fraction of sp³-hybridized carbons (Fsp3) is 0.933. The maximum absolute atomic E-state index is 8.10. The molecule has 0 aromatic heterocycles. The molecule has 0 spiro atoms. The Kier molecular flexibility index (Phi) is 4.11. The van der Waals surface area contributed by atoms with Crippen molar-refractivity contribution in [2.24, 2.45) is 11.3 Å². The van der Waals surface area contributed by atoms with Crippen LogP contribution in [-0.4, -0.2) is 23.8 Å². The van der Waals surface area contributed by atoms with Gasteiger partial charge in [-0.1, -0.05) is 26.7 Å². The summed E-state index contributed by atoms with van der Waals surface area (Å²) in [6.07, 6.45) is 10.5. The molecular weight excluding hydrogens is 208 g/mol. The largest absolute Gasteiger partial charge is 0.360 e. The number of rotatable bonds is 4. The zero-order valence-corrected chi connectivity index (χ0v) is 11.6. The highest BCUT2D eigenvalue weighted by atomic mass is 15.2. The van der Waals surface area contributed by atoms with Crippen LogP contribution < -0.4 is 0 Å². The van der Waals surface area contributed by atoms with Gasteiger partial charge in [0.15, 0.2) is 0 Å². The average molecular weight is 236 g/mol. The van der Waals surface area contributed by atoms with Gasteiger partial charge in [0.2, 0.25) is 0 Å². The van der Waals surface area contributed by atoms with E-state index in [-0.39, 0.29) is 0 Å². The van der Waals surface area contributed by atoms with Gasteiger partial charge in [0, 0.05) is 19.5 Å². The molecule has 0 unspecified atom stereocenters. The van der Waals surface area contributed by atoms with Crippen LogP contribution in [0.5, 0.6) is 0 Å². The normalized spacial score (nSPS) is 24.6. The van der Waals surface area contributed by atoms with E-state index < -0.39 is 0 Å². The number of nitrogens with one attached hydrogen (secondary N) is 1. The maximum Gasteiger partial charge on any atom is 0.0957 e. The van der Waals surface area contributed by atoms with E-state index >= 15 is 0 Å². The highest BCUT2D eigenvalue weighted by Gasteiger charge is 2.36. The molecule has 0 bridgehead atoms. The zero-order valence-electron chi connectivity index (χ0n) is 11.6. The van der Waals surface area contributed by atoms with Gasteiger partial charge in [0.05, 0.1) is 5.84 Å². The van der Waals surface area contributed by atoms with Gasteiger partial charge in [-0.05, 0) is 43.4 Å². The predicted octanol–water partition coefficient (Wildman–Crippen LogP) is 4.06. The molecule has 17 heavy (non-hydrogen) atoms. The highest BCUT2D eigenvalue weighted by Crippen LogP contribution is 2.44. The van der Waals surface area contributed by atoms with Crippen LogP contribution in [0.4, 0.5) is 0 Å². The number of hydrogen-bond donors (Lipinski definition) is 1. The Morgan fingerprint density at radius 3 is 2.47 bits per heavy atom. The maximum atomic E-state index is 8.10. The van der Waals surface area contributed by atoms with E-state index in [0.717, 1.165) is 24.7 Å². The molecule has 0 aromatic rings. The van der Waals surface area contributed by atoms with Crippen LogP contribution in [0, 0.1) is 16.7 Å². The molecule has 2 aliphatic rings. The average Bonchev–Trinajstić information content (AvgIpc) is 2.69. The molecule has 1 heterocycles. The van der Waals surface area contributed by atoms with Crippen LogP contribution >= 0.6 is 0 Å². The van der Waals surface area contributed by atoms with Crippen molar-refractivity contribution in [1.82, 2.24) is 4.90 Å². The molecule has 1 aliphatic heterocycles. The molecule has 1 saturated carbocycles. The predicted molar refractivity (Wildman–Crippen MR) is 73.5 cm³/mol. The third kappa shape index (κ3) is 3.23. The van der Waals surface area contributed by atoms with Gasteiger partial charge in [0.25, 0.3) is 0 Å². The Balaban J connectivity index is 1.99. The molecule has 0 aromatic carbocycles. The number of piperidine rings is 1. The molecule has 1 N–H and O–H groups in total. The van der Waals surface area contributed by atoms with Crippen LogP contribution in [0.3, 0.4) is 0 Å². The topological polar surface area (TPSA) is 27.1 Å². The first-order valence-electron chi connectivity index (χ1n) is 7.44. The lowest BCUT2D eigenvalue weighted by Crippen LogP contribution is -2.43. The smallest absolute Gasteiger partial charge is 0.0957 e. The minimum Gasteiger partial charge on any atom is -0.360 e. The monoisotopic (exact) mass is 236 g/mol. The first-order valence-corrected chi connectivity index (χ1v) is 7.44. The summed E-state index contributed by atoms with van der Waals surface area (Å²) in [6.45, 7) is 7.01. The summed E-state index contributed by atoms with van der Waals surface area (Å²) in [5.74, 6) is 1.71. The van der Waals surface area contributed by atoms with E-state index in [1.54, 1.807) is 0 Å². The van der Waals surface area contributed by atoms with Crippen molar-refractivity contribution in [3.8, 4) is 0 Å². The van der Waals surface area contributed by atoms with E-state index in [1.807, 2.05) is 0 Å². The Bertz CT molecular complexity index is 264. The number of hydrogen-bond acceptors (Lipinski definition) is 1. The van der Waals surface area contributed by atoms with Crippen molar-refractivity contribution >= 4 is 5.84 Å². The van der Waals surface area contributed by atoms with Gasteiger partial charge in [0.1, 0.15) is 0 Å². The summed E-state index contributed by atoms with van der Waals surface area (Å²) in [5.41, 5.74) is 0.539. The van der Waals surface area contributed by atoms with Crippen LogP contribution in [0.15, 0.2) is 0 Å². The minimum atomic E-state index is 0.539. The summed E-state index contributed by atoms with van der Waals surface area (Å²) in [5, 5.41) is 8.10. The molecule has 0 amide bonds. The van der Waals surface area contributed by atoms with Crippen LogP contribution in [-0.2, 0) is 0 Å². The third-order valence-electron chi connectivity index (χ3n) is 4.51. The summed E-state index contributed by atoms with van der Waals surface area (Å²) in [7, 11) is 0. The van der Waals surface area contributed by atoms with Crippen LogP contribution in [0.1, 0.15) is 65.2 Å². The first kappa shape index (κ1) is 12.9. The number of likely N-dealkylation sites (tertiary alicyclic amines) is 1. The number of nitrogens with zero attached hydrogens (tertiary/aromatic N) is 1. The molecule has 98 valence electrons. The minimum absolute atomic E-state index is 0.539. The van der Waals surface area contributed by atoms with Crippen molar-refractivity contribution in [3.63, 3.8) is 0 Å². The third-order valence-corrected chi connectivity index (χ3v) is 4.51. The SMILES string of the molecule is CC(C)CC1(CN2CCCCC2=N)CCCC1. The van der Waals surface area contributed by atoms with Gasteiger partial charge in [-0.15, -0.1) is 0 Å². The van der Waals surface area contributed by atoms with E-state index in [9.17, 15) is 0 Å². The Morgan fingerprint density at radius 1 is 1.18 bits per heavy atom. The van der Waals surface area contributed by atoms with Crippen molar-refractivity contribution < 1.29 is 0 Å². The highest BCUT2D eigenvalue weighted by molar-refractivity contribution is 5.79. The van der Waals surface area contributed by atoms with Gasteiger partial charge < -0.3 is 4.90 Å². The van der Waals surface area contributed by atoms with Crippen molar-refractivity contribution in [1.29, 1.82) is 5.41 Å². The molecule has 1 aliphatic carbocycles. The Hall–Kier alpha value is -0.530. The van der Waals surface area contributed by atoms with Crippen molar-refractivity contribution in [2.45, 2.75) is 65.2 Å². The lowest BCUT2D eigenvalue weighted by molar-refractivity contribution is 0.165. The van der Waals surface area contributed by atoms with E-state index in [1.165, 1.54) is 51.5 Å². The van der Waals surface area contributed by atoms with Gasteiger partial charge in [-0.2, -0.15) is 0 Å². The molecule has 1 saturated heterocycles. The quantitative estimate of drug-likeness (QED) is 0.783. The van der Waals surface area contributed by atoms with Gasteiger partial charge >= 0.3 is 0 Å². The molecule has 2 heteroatoms. The van der Waals surface area contributed by atoms with Gasteiger partial charge in [-0.25, -0.2) is 0 Å². The molecule has 2 nitrogen and oxygen atoms in total. The molecule has 0 atom stereocenters. The first-order chi connectivity index (χ1) is 8.11. The lowest BCUT2D eigenvalue weighted by atomic mass is 9.78. The fourth-order valence-corrected chi connectivity index (χ4v) is 3.89. The zero-order chi connectivity index (χ0) is 12.3. The molecular formula is C15H28N2. The second-order valence-electron chi connectivity index (χ2n) is 6.63. The van der Waals surface area contributed by atoms with Crippen LogP contribution in [0.2, 0.25) is 0 Å². The van der Waals surface area contributed by atoms with Gasteiger partial charge in [-0.3, -0.25) is 5.41 Å². The summed E-state index contributed by atoms with van der Waals surface area (Å²) in [6, 6.07) is 0. The van der Waals surface area contributed by atoms with E-state index in [2.05, 4.69) is 18.7 Å². The Morgan fingerprint density at radius 2 is 1.88 bits per heavy atom. The van der Waals surface area contributed by atoms with Crippen LogP contribution in [0.25, 0.3) is 0 Å².